The second kappa shape index (κ2) is 10.0. The standard InChI is InChI=1S/C16H34N4/c1-4-5-6-7-8-9-10-11-15-14-18-16(17)20(15)13-12-19(2)3/h15H,4-14H2,1-3H3,(H2,17,18). The largest absolute Gasteiger partial charge is 0.370 e. The number of aliphatic imine (C=N–C) groups is 1. The minimum absolute atomic E-state index is 0.547. The van der Waals surface area contributed by atoms with Crippen molar-refractivity contribution < 1.29 is 0 Å². The Morgan fingerprint density at radius 3 is 2.45 bits per heavy atom. The third kappa shape index (κ3) is 6.60. The van der Waals surface area contributed by atoms with E-state index in [9.17, 15) is 0 Å². The molecule has 0 aromatic carbocycles. The van der Waals surface area contributed by atoms with E-state index in [1.807, 2.05) is 0 Å². The molecule has 0 aromatic heterocycles. The third-order valence-electron chi connectivity index (χ3n) is 4.13. The molecule has 4 nitrogen and oxygen atoms in total. The zero-order valence-electron chi connectivity index (χ0n) is 13.8. The van der Waals surface area contributed by atoms with Crippen LogP contribution in [-0.4, -0.2) is 55.5 Å². The molecule has 0 spiro atoms. The molecule has 1 heterocycles. The van der Waals surface area contributed by atoms with Crippen LogP contribution in [0.2, 0.25) is 0 Å². The van der Waals surface area contributed by atoms with Gasteiger partial charge in [-0.15, -0.1) is 0 Å². The number of hydrogen-bond donors (Lipinski definition) is 1. The van der Waals surface area contributed by atoms with Crippen molar-refractivity contribution in [2.24, 2.45) is 10.7 Å². The van der Waals surface area contributed by atoms with Crippen molar-refractivity contribution in [3.63, 3.8) is 0 Å². The molecule has 1 aliphatic heterocycles. The molecule has 1 rings (SSSR count). The average Bonchev–Trinajstić information content (AvgIpc) is 2.76. The SMILES string of the molecule is CCCCCCCCCC1CN=C(N)N1CCN(C)C. The average molecular weight is 282 g/mol. The fraction of sp³-hybridized carbons (Fsp3) is 0.938. The first-order valence-electron chi connectivity index (χ1n) is 8.36. The molecule has 0 amide bonds. The Kier molecular flexibility index (Phi) is 8.67. The fourth-order valence-corrected chi connectivity index (χ4v) is 2.76. The van der Waals surface area contributed by atoms with Gasteiger partial charge in [-0.05, 0) is 20.5 Å². The number of rotatable bonds is 11. The van der Waals surface area contributed by atoms with Crippen LogP contribution < -0.4 is 5.73 Å². The Morgan fingerprint density at radius 1 is 1.15 bits per heavy atom. The van der Waals surface area contributed by atoms with Gasteiger partial charge in [-0.1, -0.05) is 51.9 Å². The molecule has 0 saturated carbocycles. The first kappa shape index (κ1) is 17.3. The number of likely N-dealkylation sites (N-methyl/N-ethyl adjacent to an activating group) is 1. The summed E-state index contributed by atoms with van der Waals surface area (Å²) in [5, 5.41) is 0. The summed E-state index contributed by atoms with van der Waals surface area (Å²) in [5.41, 5.74) is 6.00. The van der Waals surface area contributed by atoms with Gasteiger partial charge in [0, 0.05) is 13.1 Å². The maximum absolute atomic E-state index is 6.00. The van der Waals surface area contributed by atoms with Crippen LogP contribution in [0.5, 0.6) is 0 Å². The highest BCUT2D eigenvalue weighted by Gasteiger charge is 2.24. The molecule has 2 N–H and O–H groups in total. The smallest absolute Gasteiger partial charge is 0.191 e. The quantitative estimate of drug-likeness (QED) is 0.593. The summed E-state index contributed by atoms with van der Waals surface area (Å²) in [6.07, 6.45) is 10.9. The number of nitrogens with zero attached hydrogens (tertiary/aromatic N) is 3. The van der Waals surface area contributed by atoms with E-state index >= 15 is 0 Å². The van der Waals surface area contributed by atoms with Crippen molar-refractivity contribution in [2.45, 2.75) is 64.3 Å². The molecule has 0 fully saturated rings. The summed E-state index contributed by atoms with van der Waals surface area (Å²) < 4.78 is 0. The van der Waals surface area contributed by atoms with E-state index in [4.69, 9.17) is 5.73 Å². The Labute approximate surface area is 125 Å². The maximum Gasteiger partial charge on any atom is 0.191 e. The van der Waals surface area contributed by atoms with Gasteiger partial charge in [0.1, 0.15) is 0 Å². The molecular weight excluding hydrogens is 248 g/mol. The second-order valence-electron chi connectivity index (χ2n) is 6.26. The molecule has 1 aliphatic rings. The predicted octanol–water partition coefficient (Wildman–Crippen LogP) is 2.69. The van der Waals surface area contributed by atoms with E-state index in [-0.39, 0.29) is 0 Å². The minimum atomic E-state index is 0.547. The maximum atomic E-state index is 6.00. The summed E-state index contributed by atoms with van der Waals surface area (Å²) in [6, 6.07) is 0.547. The van der Waals surface area contributed by atoms with Gasteiger partial charge < -0.3 is 15.5 Å². The Hall–Kier alpha value is -0.770. The molecule has 20 heavy (non-hydrogen) atoms. The monoisotopic (exact) mass is 282 g/mol. The second-order valence-corrected chi connectivity index (χ2v) is 6.26. The van der Waals surface area contributed by atoms with Gasteiger partial charge in [-0.25, -0.2) is 0 Å². The molecule has 118 valence electrons. The molecule has 4 heteroatoms. The molecule has 0 saturated heterocycles. The number of nitrogens with two attached hydrogens (primary N) is 1. The van der Waals surface area contributed by atoms with Crippen molar-refractivity contribution in [3.8, 4) is 0 Å². The van der Waals surface area contributed by atoms with Gasteiger partial charge >= 0.3 is 0 Å². The molecule has 0 aliphatic carbocycles. The summed E-state index contributed by atoms with van der Waals surface area (Å²) in [7, 11) is 4.21. The van der Waals surface area contributed by atoms with Gasteiger partial charge in [-0.3, -0.25) is 4.99 Å². The minimum Gasteiger partial charge on any atom is -0.370 e. The van der Waals surface area contributed by atoms with Crippen LogP contribution in [0.1, 0.15) is 58.3 Å². The van der Waals surface area contributed by atoms with Crippen LogP contribution in [0, 0.1) is 0 Å². The molecule has 1 unspecified atom stereocenters. The summed E-state index contributed by atoms with van der Waals surface area (Å²) in [4.78, 5) is 8.93. The van der Waals surface area contributed by atoms with Crippen LogP contribution >= 0.6 is 0 Å². The van der Waals surface area contributed by atoms with Crippen molar-refractivity contribution in [2.75, 3.05) is 33.7 Å². The first-order chi connectivity index (χ1) is 9.65. The lowest BCUT2D eigenvalue weighted by Crippen LogP contribution is -2.44. The highest BCUT2D eigenvalue weighted by atomic mass is 15.3. The van der Waals surface area contributed by atoms with Crippen LogP contribution in [0.25, 0.3) is 0 Å². The number of hydrogen-bond acceptors (Lipinski definition) is 4. The van der Waals surface area contributed by atoms with Gasteiger partial charge in [0.05, 0.1) is 12.6 Å². The van der Waals surface area contributed by atoms with E-state index in [1.165, 1.54) is 51.4 Å². The van der Waals surface area contributed by atoms with Gasteiger partial charge in [-0.2, -0.15) is 0 Å². The number of unbranched alkanes of at least 4 members (excludes halogenated alkanes) is 6. The van der Waals surface area contributed by atoms with Gasteiger partial charge in [0.2, 0.25) is 0 Å². The third-order valence-corrected chi connectivity index (χ3v) is 4.13. The van der Waals surface area contributed by atoms with Crippen LogP contribution in [0.15, 0.2) is 4.99 Å². The highest BCUT2D eigenvalue weighted by Crippen LogP contribution is 2.16. The van der Waals surface area contributed by atoms with E-state index in [1.54, 1.807) is 0 Å². The van der Waals surface area contributed by atoms with Crippen LogP contribution in [0.4, 0.5) is 0 Å². The molecule has 0 bridgehead atoms. The summed E-state index contributed by atoms with van der Waals surface area (Å²) >= 11 is 0. The lowest BCUT2D eigenvalue weighted by Gasteiger charge is -2.27. The fourth-order valence-electron chi connectivity index (χ4n) is 2.76. The predicted molar refractivity (Wildman–Crippen MR) is 88.1 cm³/mol. The van der Waals surface area contributed by atoms with Crippen molar-refractivity contribution >= 4 is 5.96 Å². The van der Waals surface area contributed by atoms with E-state index < -0.39 is 0 Å². The van der Waals surface area contributed by atoms with Gasteiger partial charge in [0.25, 0.3) is 0 Å². The van der Waals surface area contributed by atoms with Crippen LogP contribution in [0.3, 0.4) is 0 Å². The normalized spacial score (nSPS) is 18.9. The zero-order chi connectivity index (χ0) is 14.8. The zero-order valence-corrected chi connectivity index (χ0v) is 13.8. The van der Waals surface area contributed by atoms with E-state index in [0.29, 0.717) is 6.04 Å². The topological polar surface area (TPSA) is 44.9 Å². The lowest BCUT2D eigenvalue weighted by molar-refractivity contribution is 0.276. The summed E-state index contributed by atoms with van der Waals surface area (Å²) in [5.74, 6) is 0.750. The summed E-state index contributed by atoms with van der Waals surface area (Å²) in [6.45, 7) is 5.22. The van der Waals surface area contributed by atoms with Crippen molar-refractivity contribution in [1.82, 2.24) is 9.80 Å². The van der Waals surface area contributed by atoms with E-state index in [0.717, 1.165) is 25.6 Å². The van der Waals surface area contributed by atoms with Crippen molar-refractivity contribution in [1.29, 1.82) is 0 Å². The molecule has 1 atom stereocenters. The Balaban J connectivity index is 2.12. The lowest BCUT2D eigenvalue weighted by atomic mass is 10.0. The number of guanidine groups is 1. The first-order valence-corrected chi connectivity index (χ1v) is 8.36. The Bertz CT molecular complexity index is 276. The van der Waals surface area contributed by atoms with Crippen LogP contribution in [-0.2, 0) is 0 Å². The highest BCUT2D eigenvalue weighted by molar-refractivity contribution is 5.80. The molecule has 0 radical (unpaired) electrons. The molecule has 0 aromatic rings. The van der Waals surface area contributed by atoms with E-state index in [2.05, 4.69) is 35.8 Å². The Morgan fingerprint density at radius 2 is 1.80 bits per heavy atom. The van der Waals surface area contributed by atoms with Crippen molar-refractivity contribution in [3.05, 3.63) is 0 Å². The molecular formula is C16H34N4. The van der Waals surface area contributed by atoms with Gasteiger partial charge in [0.15, 0.2) is 5.96 Å².